The van der Waals surface area contributed by atoms with Crippen LogP contribution in [0.2, 0.25) is 0 Å². The van der Waals surface area contributed by atoms with E-state index in [0.29, 0.717) is 26.4 Å². The summed E-state index contributed by atoms with van der Waals surface area (Å²) < 4.78 is 15.4. The van der Waals surface area contributed by atoms with Crippen LogP contribution < -0.4 is 0 Å². The Balaban J connectivity index is 2.05. The summed E-state index contributed by atoms with van der Waals surface area (Å²) in [6.45, 7) is 1.73. The number of ether oxygens (including phenoxy) is 3. The summed E-state index contributed by atoms with van der Waals surface area (Å²) in [6.07, 6.45) is 1.14. The van der Waals surface area contributed by atoms with Gasteiger partial charge in [-0.3, -0.25) is 9.59 Å². The van der Waals surface area contributed by atoms with E-state index in [9.17, 15) is 9.59 Å². The Kier molecular flexibility index (Phi) is 4.03. The standard InChI is InChI=1S/C11H15NO6/c13-10(14)5-8-6-16-2-1-12(8)11(15)9-7-17-3-4-18-9/h7-8H,1-6H2,(H,13,14). The SMILES string of the molecule is O=C(O)CC1COCCN1C(=O)C1=COCCO1. The van der Waals surface area contributed by atoms with Gasteiger partial charge in [-0.15, -0.1) is 0 Å². The molecule has 2 aliphatic rings. The van der Waals surface area contributed by atoms with Crippen molar-refractivity contribution in [3.8, 4) is 0 Å². The van der Waals surface area contributed by atoms with E-state index in [-0.39, 0.29) is 24.7 Å². The first-order chi connectivity index (χ1) is 8.68. The van der Waals surface area contributed by atoms with E-state index in [4.69, 9.17) is 19.3 Å². The Morgan fingerprint density at radius 2 is 2.22 bits per heavy atom. The van der Waals surface area contributed by atoms with Crippen molar-refractivity contribution in [2.45, 2.75) is 12.5 Å². The van der Waals surface area contributed by atoms with Crippen LogP contribution in [0.4, 0.5) is 0 Å². The lowest BCUT2D eigenvalue weighted by molar-refractivity contribution is -0.146. The highest BCUT2D eigenvalue weighted by Gasteiger charge is 2.32. The molecule has 2 rings (SSSR count). The first-order valence-corrected chi connectivity index (χ1v) is 5.73. The zero-order valence-corrected chi connectivity index (χ0v) is 9.83. The molecule has 100 valence electrons. The number of carboxylic acids is 1. The van der Waals surface area contributed by atoms with Crippen molar-refractivity contribution in [1.82, 2.24) is 4.90 Å². The second-order valence-corrected chi connectivity index (χ2v) is 4.03. The minimum Gasteiger partial charge on any atom is -0.494 e. The van der Waals surface area contributed by atoms with Gasteiger partial charge < -0.3 is 24.2 Å². The smallest absolute Gasteiger partial charge is 0.305 e. The molecule has 1 amide bonds. The van der Waals surface area contributed by atoms with Crippen LogP contribution in [0.3, 0.4) is 0 Å². The Hall–Kier alpha value is -1.76. The van der Waals surface area contributed by atoms with Gasteiger partial charge in [-0.2, -0.15) is 0 Å². The first-order valence-electron chi connectivity index (χ1n) is 5.73. The summed E-state index contributed by atoms with van der Waals surface area (Å²) in [5, 5.41) is 8.81. The number of carbonyl (C=O) groups excluding carboxylic acids is 1. The van der Waals surface area contributed by atoms with Crippen LogP contribution in [-0.4, -0.2) is 60.9 Å². The number of rotatable bonds is 3. The number of carbonyl (C=O) groups is 2. The van der Waals surface area contributed by atoms with E-state index in [1.165, 1.54) is 11.2 Å². The van der Waals surface area contributed by atoms with Gasteiger partial charge in [0.2, 0.25) is 5.76 Å². The molecule has 0 spiro atoms. The number of hydrogen-bond acceptors (Lipinski definition) is 5. The fourth-order valence-corrected chi connectivity index (χ4v) is 1.91. The maximum atomic E-state index is 12.1. The predicted octanol–water partition coefficient (Wildman–Crippen LogP) is -0.423. The maximum absolute atomic E-state index is 12.1. The fraction of sp³-hybridized carbons (Fsp3) is 0.636. The van der Waals surface area contributed by atoms with Crippen molar-refractivity contribution >= 4 is 11.9 Å². The summed E-state index contributed by atoms with van der Waals surface area (Å²) in [7, 11) is 0. The molecule has 0 bridgehead atoms. The average molecular weight is 257 g/mol. The van der Waals surface area contributed by atoms with Crippen LogP contribution in [0.15, 0.2) is 12.0 Å². The van der Waals surface area contributed by atoms with Crippen molar-refractivity contribution < 1.29 is 28.9 Å². The zero-order chi connectivity index (χ0) is 13.0. The molecule has 0 aromatic heterocycles. The molecular formula is C11H15NO6. The van der Waals surface area contributed by atoms with Crippen LogP contribution in [0.5, 0.6) is 0 Å². The molecular weight excluding hydrogens is 242 g/mol. The van der Waals surface area contributed by atoms with E-state index in [1.54, 1.807) is 0 Å². The normalized spacial score (nSPS) is 23.7. The molecule has 0 aromatic carbocycles. The van der Waals surface area contributed by atoms with E-state index < -0.39 is 12.0 Å². The second-order valence-electron chi connectivity index (χ2n) is 4.03. The van der Waals surface area contributed by atoms with Crippen LogP contribution in [-0.2, 0) is 23.8 Å². The molecule has 1 atom stereocenters. The summed E-state index contributed by atoms with van der Waals surface area (Å²) in [6, 6.07) is -0.463. The van der Waals surface area contributed by atoms with Gasteiger partial charge in [0.15, 0.2) is 0 Å². The van der Waals surface area contributed by atoms with Crippen molar-refractivity contribution in [3.05, 3.63) is 12.0 Å². The van der Waals surface area contributed by atoms with E-state index in [2.05, 4.69) is 0 Å². The monoisotopic (exact) mass is 257 g/mol. The minimum atomic E-state index is -0.960. The molecule has 2 heterocycles. The average Bonchev–Trinajstić information content (AvgIpc) is 2.39. The summed E-state index contributed by atoms with van der Waals surface area (Å²) in [5.41, 5.74) is 0. The van der Waals surface area contributed by atoms with Crippen LogP contribution in [0.1, 0.15) is 6.42 Å². The number of aliphatic carboxylic acids is 1. The molecule has 7 heteroatoms. The van der Waals surface area contributed by atoms with Gasteiger partial charge in [-0.05, 0) is 0 Å². The number of morpholine rings is 1. The number of nitrogens with zero attached hydrogens (tertiary/aromatic N) is 1. The zero-order valence-electron chi connectivity index (χ0n) is 9.83. The van der Waals surface area contributed by atoms with Gasteiger partial charge in [0.1, 0.15) is 19.5 Å². The maximum Gasteiger partial charge on any atom is 0.305 e. The molecule has 1 fully saturated rings. The lowest BCUT2D eigenvalue weighted by Crippen LogP contribution is -2.50. The highest BCUT2D eigenvalue weighted by Crippen LogP contribution is 2.16. The first kappa shape index (κ1) is 12.7. The van der Waals surface area contributed by atoms with E-state index in [0.717, 1.165) is 0 Å². The molecule has 1 unspecified atom stereocenters. The summed E-state index contributed by atoms with van der Waals surface area (Å²) in [5.74, 6) is -1.18. The third kappa shape index (κ3) is 2.92. The van der Waals surface area contributed by atoms with E-state index >= 15 is 0 Å². The van der Waals surface area contributed by atoms with E-state index in [1.807, 2.05) is 0 Å². The fourth-order valence-electron chi connectivity index (χ4n) is 1.91. The Bertz CT molecular complexity index is 367. The van der Waals surface area contributed by atoms with Gasteiger partial charge in [0, 0.05) is 6.54 Å². The van der Waals surface area contributed by atoms with Crippen molar-refractivity contribution in [2.75, 3.05) is 33.0 Å². The van der Waals surface area contributed by atoms with Gasteiger partial charge in [-0.25, -0.2) is 0 Å². The lowest BCUT2D eigenvalue weighted by Gasteiger charge is -2.35. The predicted molar refractivity (Wildman–Crippen MR) is 58.6 cm³/mol. The molecule has 0 aromatic rings. The summed E-state index contributed by atoms with van der Waals surface area (Å²) >= 11 is 0. The molecule has 1 saturated heterocycles. The highest BCUT2D eigenvalue weighted by molar-refractivity contribution is 5.92. The summed E-state index contributed by atoms with van der Waals surface area (Å²) in [4.78, 5) is 24.4. The van der Waals surface area contributed by atoms with Gasteiger partial charge in [-0.1, -0.05) is 0 Å². The molecule has 2 aliphatic heterocycles. The van der Waals surface area contributed by atoms with Crippen LogP contribution in [0, 0.1) is 0 Å². The molecule has 0 saturated carbocycles. The third-order valence-electron chi connectivity index (χ3n) is 2.76. The van der Waals surface area contributed by atoms with Crippen LogP contribution in [0.25, 0.3) is 0 Å². The van der Waals surface area contributed by atoms with Gasteiger partial charge in [0.25, 0.3) is 5.91 Å². The molecule has 1 N–H and O–H groups in total. The van der Waals surface area contributed by atoms with Crippen molar-refractivity contribution in [2.24, 2.45) is 0 Å². The molecule has 7 nitrogen and oxygen atoms in total. The number of amides is 1. The Morgan fingerprint density at radius 1 is 1.39 bits per heavy atom. The number of carboxylic acid groups (broad SMARTS) is 1. The minimum absolute atomic E-state index is 0.124. The quantitative estimate of drug-likeness (QED) is 0.739. The Labute approximate surface area is 104 Å². The van der Waals surface area contributed by atoms with Crippen molar-refractivity contribution in [3.63, 3.8) is 0 Å². The van der Waals surface area contributed by atoms with Crippen molar-refractivity contribution in [1.29, 1.82) is 0 Å². The van der Waals surface area contributed by atoms with Gasteiger partial charge in [0.05, 0.1) is 25.7 Å². The highest BCUT2D eigenvalue weighted by atomic mass is 16.6. The number of hydrogen-bond donors (Lipinski definition) is 1. The van der Waals surface area contributed by atoms with Crippen LogP contribution >= 0.6 is 0 Å². The second kappa shape index (κ2) is 5.72. The molecule has 0 radical (unpaired) electrons. The lowest BCUT2D eigenvalue weighted by atomic mass is 10.1. The van der Waals surface area contributed by atoms with Gasteiger partial charge >= 0.3 is 5.97 Å². The largest absolute Gasteiger partial charge is 0.494 e. The molecule has 0 aliphatic carbocycles. The third-order valence-corrected chi connectivity index (χ3v) is 2.76. The molecule has 18 heavy (non-hydrogen) atoms. The Morgan fingerprint density at radius 3 is 2.89 bits per heavy atom. The topological polar surface area (TPSA) is 85.3 Å².